The van der Waals surface area contributed by atoms with Crippen molar-refractivity contribution in [2.45, 2.75) is 25.2 Å². The lowest BCUT2D eigenvalue weighted by molar-refractivity contribution is 0.598. The minimum atomic E-state index is -3.70. The largest absolute Gasteiger partial charge is 0.238 e. The van der Waals surface area contributed by atoms with E-state index >= 15 is 0 Å². The lowest BCUT2D eigenvalue weighted by Gasteiger charge is -2.09. The lowest BCUT2D eigenvalue weighted by Crippen LogP contribution is -2.11. The average Bonchev–Trinajstić information content (AvgIpc) is 2.96. The molecule has 3 rings (SSSR count). The molecule has 3 nitrogen and oxygen atoms in total. The molecular formula is C19H18ClNO2S2. The minimum Gasteiger partial charge on any atom is -0.225 e. The van der Waals surface area contributed by atoms with E-state index in [0.717, 1.165) is 23.1 Å². The maximum atomic E-state index is 11.4. The van der Waals surface area contributed by atoms with Crippen molar-refractivity contribution in [2.75, 3.05) is 0 Å². The first-order valence-electron chi connectivity index (χ1n) is 7.82. The quantitative estimate of drug-likeness (QED) is 0.659. The van der Waals surface area contributed by atoms with Crippen molar-refractivity contribution in [1.82, 2.24) is 0 Å². The number of sulfonamides is 1. The van der Waals surface area contributed by atoms with E-state index in [0.29, 0.717) is 5.02 Å². The summed E-state index contributed by atoms with van der Waals surface area (Å²) in [5, 5.41) is 5.78. The molecule has 0 spiro atoms. The highest BCUT2D eigenvalue weighted by molar-refractivity contribution is 7.89. The molecule has 0 aliphatic carbocycles. The summed E-state index contributed by atoms with van der Waals surface area (Å²) in [6, 6.07) is 14.6. The Labute approximate surface area is 157 Å². The standard InChI is InChI=1S/C19H18ClNO2S2/c1-3-15-10-12(2)19(24-15)14-6-9-18(20)17(11-14)13-4-7-16(8-5-13)25(21,22)23/h4-11H,3H2,1-2H3,(H2,21,22,23). The summed E-state index contributed by atoms with van der Waals surface area (Å²) in [6.45, 7) is 4.26. The van der Waals surface area contributed by atoms with Gasteiger partial charge < -0.3 is 0 Å². The number of nitrogens with two attached hydrogens (primary N) is 1. The summed E-state index contributed by atoms with van der Waals surface area (Å²) in [4.78, 5) is 2.67. The molecule has 6 heteroatoms. The molecule has 0 fully saturated rings. The van der Waals surface area contributed by atoms with Crippen LogP contribution in [0.15, 0.2) is 53.4 Å². The van der Waals surface area contributed by atoms with Crippen LogP contribution in [0.1, 0.15) is 17.4 Å². The molecule has 0 radical (unpaired) electrons. The molecule has 0 unspecified atom stereocenters. The molecule has 0 aliphatic rings. The molecule has 0 saturated heterocycles. The summed E-state index contributed by atoms with van der Waals surface area (Å²) in [5.74, 6) is 0. The van der Waals surface area contributed by atoms with Crippen molar-refractivity contribution >= 4 is 33.0 Å². The highest BCUT2D eigenvalue weighted by atomic mass is 35.5. The van der Waals surface area contributed by atoms with Gasteiger partial charge in [-0.1, -0.05) is 36.7 Å². The zero-order valence-electron chi connectivity index (χ0n) is 13.9. The molecule has 1 aromatic heterocycles. The number of primary sulfonamides is 1. The zero-order chi connectivity index (χ0) is 18.2. The first-order valence-corrected chi connectivity index (χ1v) is 10.6. The maximum absolute atomic E-state index is 11.4. The van der Waals surface area contributed by atoms with Crippen molar-refractivity contribution in [2.24, 2.45) is 5.14 Å². The fraction of sp³-hybridized carbons (Fsp3) is 0.158. The molecule has 0 saturated carbocycles. The van der Waals surface area contributed by atoms with Crippen LogP contribution in [0, 0.1) is 6.92 Å². The summed E-state index contributed by atoms with van der Waals surface area (Å²) >= 11 is 8.17. The number of hydrogen-bond acceptors (Lipinski definition) is 3. The fourth-order valence-corrected chi connectivity index (χ4v) is 4.57. The van der Waals surface area contributed by atoms with Crippen LogP contribution in [0.5, 0.6) is 0 Å². The number of aryl methyl sites for hydroxylation is 2. The molecule has 2 aromatic carbocycles. The van der Waals surface area contributed by atoms with Gasteiger partial charge in [0.05, 0.1) is 4.90 Å². The normalized spacial score (nSPS) is 11.7. The van der Waals surface area contributed by atoms with Crippen LogP contribution in [-0.4, -0.2) is 8.42 Å². The number of benzene rings is 2. The van der Waals surface area contributed by atoms with Crippen LogP contribution < -0.4 is 5.14 Å². The van der Waals surface area contributed by atoms with E-state index < -0.39 is 10.0 Å². The van der Waals surface area contributed by atoms with Gasteiger partial charge in [0.15, 0.2) is 0 Å². The van der Waals surface area contributed by atoms with Crippen molar-refractivity contribution in [3.05, 3.63) is 64.0 Å². The Kier molecular flexibility index (Phi) is 5.02. The van der Waals surface area contributed by atoms with E-state index in [1.54, 1.807) is 23.5 Å². The Morgan fingerprint density at radius 2 is 1.68 bits per heavy atom. The van der Waals surface area contributed by atoms with E-state index in [1.807, 2.05) is 18.2 Å². The molecule has 0 aliphatic heterocycles. The third-order valence-electron chi connectivity index (χ3n) is 4.04. The van der Waals surface area contributed by atoms with E-state index in [-0.39, 0.29) is 4.90 Å². The predicted molar refractivity (Wildman–Crippen MR) is 106 cm³/mol. The Morgan fingerprint density at radius 3 is 2.24 bits per heavy atom. The maximum Gasteiger partial charge on any atom is 0.238 e. The molecule has 25 heavy (non-hydrogen) atoms. The molecule has 0 atom stereocenters. The molecule has 0 bridgehead atoms. The molecule has 0 amide bonds. The van der Waals surface area contributed by atoms with Crippen LogP contribution in [-0.2, 0) is 16.4 Å². The van der Waals surface area contributed by atoms with E-state index in [2.05, 4.69) is 19.9 Å². The van der Waals surface area contributed by atoms with E-state index in [9.17, 15) is 8.42 Å². The number of hydrogen-bond donors (Lipinski definition) is 1. The van der Waals surface area contributed by atoms with Gasteiger partial charge in [-0.25, -0.2) is 13.6 Å². The van der Waals surface area contributed by atoms with Crippen LogP contribution in [0.4, 0.5) is 0 Å². The monoisotopic (exact) mass is 391 g/mol. The van der Waals surface area contributed by atoms with Crippen molar-refractivity contribution in [1.29, 1.82) is 0 Å². The first kappa shape index (κ1) is 18.1. The fourth-order valence-electron chi connectivity index (χ4n) is 2.72. The smallest absolute Gasteiger partial charge is 0.225 e. The van der Waals surface area contributed by atoms with Gasteiger partial charge in [-0.15, -0.1) is 11.3 Å². The van der Waals surface area contributed by atoms with E-state index in [1.165, 1.54) is 27.5 Å². The van der Waals surface area contributed by atoms with Crippen LogP contribution >= 0.6 is 22.9 Å². The Balaban J connectivity index is 2.06. The molecule has 130 valence electrons. The lowest BCUT2D eigenvalue weighted by atomic mass is 10.0. The van der Waals surface area contributed by atoms with E-state index in [4.69, 9.17) is 16.7 Å². The molecule has 3 aromatic rings. The Morgan fingerprint density at radius 1 is 1.04 bits per heavy atom. The summed E-state index contributed by atoms with van der Waals surface area (Å²) < 4.78 is 22.8. The SMILES string of the molecule is CCc1cc(C)c(-c2ccc(Cl)c(-c3ccc(S(N)(=O)=O)cc3)c2)s1. The van der Waals surface area contributed by atoms with Crippen molar-refractivity contribution < 1.29 is 8.42 Å². The van der Waals surface area contributed by atoms with Gasteiger partial charge in [-0.2, -0.15) is 0 Å². The number of halogens is 1. The van der Waals surface area contributed by atoms with Gasteiger partial charge in [0.2, 0.25) is 10.0 Å². The first-order chi connectivity index (χ1) is 11.8. The highest BCUT2D eigenvalue weighted by Gasteiger charge is 2.12. The van der Waals surface area contributed by atoms with Gasteiger partial charge in [0.1, 0.15) is 0 Å². The predicted octanol–water partition coefficient (Wildman–Crippen LogP) is 5.25. The Hall–Kier alpha value is -1.66. The number of thiophene rings is 1. The molecule has 1 heterocycles. The summed E-state index contributed by atoms with van der Waals surface area (Å²) in [6.07, 6.45) is 1.01. The average molecular weight is 392 g/mol. The Bertz CT molecular complexity index is 1020. The third-order valence-corrected chi connectivity index (χ3v) is 6.73. The zero-order valence-corrected chi connectivity index (χ0v) is 16.3. The second-order valence-corrected chi connectivity index (χ2v) is 8.95. The summed E-state index contributed by atoms with van der Waals surface area (Å²) in [7, 11) is -3.70. The summed E-state index contributed by atoms with van der Waals surface area (Å²) in [5.41, 5.74) is 4.08. The van der Waals surface area contributed by atoms with Crippen molar-refractivity contribution in [3.8, 4) is 21.6 Å². The van der Waals surface area contributed by atoms with Crippen LogP contribution in [0.2, 0.25) is 5.02 Å². The van der Waals surface area contributed by atoms with Gasteiger partial charge >= 0.3 is 0 Å². The highest BCUT2D eigenvalue weighted by Crippen LogP contribution is 2.37. The van der Waals surface area contributed by atoms with Gasteiger partial charge in [0, 0.05) is 20.3 Å². The molecule has 2 N–H and O–H groups in total. The van der Waals surface area contributed by atoms with Crippen LogP contribution in [0.3, 0.4) is 0 Å². The van der Waals surface area contributed by atoms with Crippen LogP contribution in [0.25, 0.3) is 21.6 Å². The minimum absolute atomic E-state index is 0.0882. The van der Waals surface area contributed by atoms with Gasteiger partial charge in [-0.05, 0) is 60.4 Å². The second-order valence-electron chi connectivity index (χ2n) is 5.84. The van der Waals surface area contributed by atoms with Crippen molar-refractivity contribution in [3.63, 3.8) is 0 Å². The second kappa shape index (κ2) is 6.92. The van der Waals surface area contributed by atoms with Gasteiger partial charge in [-0.3, -0.25) is 0 Å². The molecular weight excluding hydrogens is 374 g/mol. The number of rotatable bonds is 4. The topological polar surface area (TPSA) is 60.2 Å². The van der Waals surface area contributed by atoms with Gasteiger partial charge in [0.25, 0.3) is 0 Å². The third kappa shape index (κ3) is 3.80.